The number of rotatable bonds is 5. The minimum Gasteiger partial charge on any atom is -0.481 e. The zero-order valence-corrected chi connectivity index (χ0v) is 14.3. The van der Waals surface area contributed by atoms with Crippen LogP contribution in [-0.2, 0) is 9.59 Å². The first-order valence-corrected chi connectivity index (χ1v) is 8.98. The molecule has 0 radical (unpaired) electrons. The zero-order chi connectivity index (χ0) is 18.1. The molecule has 5 nitrogen and oxygen atoms in total. The first-order valence-electron chi connectivity index (χ1n) is 8.98. The first kappa shape index (κ1) is 16.6. The SMILES string of the molecule is O=C(O)C1C2CCC(C2)C1C(=O)Nc1ccc(Oc2ccccc2)cc1. The number of carbonyl (C=O) groups excluding carboxylic acids is 1. The number of fused-ring (bicyclic) bond motifs is 2. The van der Waals surface area contributed by atoms with E-state index in [1.807, 2.05) is 30.3 Å². The summed E-state index contributed by atoms with van der Waals surface area (Å²) in [5, 5.41) is 12.4. The lowest BCUT2D eigenvalue weighted by atomic mass is 9.78. The number of hydrogen-bond donors (Lipinski definition) is 2. The Morgan fingerprint density at radius 3 is 2.15 bits per heavy atom. The third-order valence-electron chi connectivity index (χ3n) is 5.61. The molecule has 4 unspecified atom stereocenters. The van der Waals surface area contributed by atoms with Crippen molar-refractivity contribution in [2.45, 2.75) is 19.3 Å². The molecule has 2 aromatic rings. The van der Waals surface area contributed by atoms with E-state index in [4.69, 9.17) is 4.74 Å². The molecule has 134 valence electrons. The van der Waals surface area contributed by atoms with E-state index in [0.717, 1.165) is 25.0 Å². The lowest BCUT2D eigenvalue weighted by Crippen LogP contribution is -2.37. The molecule has 2 saturated carbocycles. The van der Waals surface area contributed by atoms with Gasteiger partial charge in [0.15, 0.2) is 0 Å². The van der Waals surface area contributed by atoms with Gasteiger partial charge in [0, 0.05) is 5.69 Å². The molecule has 2 aromatic carbocycles. The second-order valence-electron chi connectivity index (χ2n) is 7.15. The number of amides is 1. The minimum atomic E-state index is -0.844. The first-order chi connectivity index (χ1) is 12.6. The molecule has 1 amide bonds. The molecule has 4 atom stereocenters. The largest absolute Gasteiger partial charge is 0.481 e. The number of benzene rings is 2. The molecule has 0 saturated heterocycles. The Hall–Kier alpha value is -2.82. The van der Waals surface area contributed by atoms with Crippen LogP contribution in [0.3, 0.4) is 0 Å². The minimum absolute atomic E-state index is 0.148. The molecule has 0 aromatic heterocycles. The Morgan fingerprint density at radius 2 is 1.50 bits per heavy atom. The van der Waals surface area contributed by atoms with Crippen LogP contribution in [0, 0.1) is 23.7 Å². The number of aliphatic carboxylic acids is 1. The van der Waals surface area contributed by atoms with Crippen molar-refractivity contribution < 1.29 is 19.4 Å². The van der Waals surface area contributed by atoms with Crippen LogP contribution in [0.1, 0.15) is 19.3 Å². The molecule has 2 bridgehead atoms. The molecule has 0 aliphatic heterocycles. The summed E-state index contributed by atoms with van der Waals surface area (Å²) in [7, 11) is 0. The van der Waals surface area contributed by atoms with E-state index in [1.54, 1.807) is 24.3 Å². The fourth-order valence-corrected chi connectivity index (χ4v) is 4.48. The van der Waals surface area contributed by atoms with Crippen LogP contribution < -0.4 is 10.1 Å². The number of ether oxygens (including phenoxy) is 1. The lowest BCUT2D eigenvalue weighted by Gasteiger charge is -2.27. The van der Waals surface area contributed by atoms with Gasteiger partial charge in [-0.2, -0.15) is 0 Å². The van der Waals surface area contributed by atoms with E-state index in [9.17, 15) is 14.7 Å². The highest BCUT2D eigenvalue weighted by Gasteiger charge is 2.53. The summed E-state index contributed by atoms with van der Waals surface area (Å²) in [6.07, 6.45) is 2.74. The standard InChI is InChI=1S/C21H21NO4/c23-20(18-13-6-7-14(12-13)19(18)21(24)25)22-15-8-10-17(11-9-15)26-16-4-2-1-3-5-16/h1-5,8-11,13-14,18-19H,6-7,12H2,(H,22,23)(H,24,25). The number of carboxylic acids is 1. The number of hydrogen-bond acceptors (Lipinski definition) is 3. The maximum atomic E-state index is 12.7. The summed E-state index contributed by atoms with van der Waals surface area (Å²) in [5.74, 6) is -0.226. The molecular weight excluding hydrogens is 330 g/mol. The van der Waals surface area contributed by atoms with Crippen molar-refractivity contribution in [1.82, 2.24) is 0 Å². The molecule has 0 heterocycles. The second kappa shape index (κ2) is 6.83. The smallest absolute Gasteiger partial charge is 0.307 e. The van der Waals surface area contributed by atoms with Gasteiger partial charge in [-0.1, -0.05) is 18.2 Å². The summed E-state index contributed by atoms with van der Waals surface area (Å²) in [5.41, 5.74) is 0.655. The summed E-state index contributed by atoms with van der Waals surface area (Å²) in [6, 6.07) is 16.6. The zero-order valence-electron chi connectivity index (χ0n) is 14.3. The van der Waals surface area contributed by atoms with Gasteiger partial charge in [-0.25, -0.2) is 0 Å². The van der Waals surface area contributed by atoms with Crippen molar-refractivity contribution in [3.8, 4) is 11.5 Å². The van der Waals surface area contributed by atoms with Crippen molar-refractivity contribution in [2.75, 3.05) is 5.32 Å². The van der Waals surface area contributed by atoms with Crippen LogP contribution in [0.4, 0.5) is 5.69 Å². The normalized spacial score (nSPS) is 26.5. The number of para-hydroxylation sites is 1. The molecular formula is C21H21NO4. The Kier molecular flexibility index (Phi) is 4.37. The predicted octanol–water partition coefficient (Wildman–Crippen LogP) is 4.16. The maximum Gasteiger partial charge on any atom is 0.307 e. The van der Waals surface area contributed by atoms with Gasteiger partial charge in [-0.15, -0.1) is 0 Å². The highest BCUT2D eigenvalue weighted by atomic mass is 16.5. The van der Waals surface area contributed by atoms with Gasteiger partial charge in [-0.05, 0) is 67.5 Å². The average molecular weight is 351 g/mol. The van der Waals surface area contributed by atoms with Gasteiger partial charge >= 0.3 is 5.97 Å². The number of carbonyl (C=O) groups is 2. The highest BCUT2D eigenvalue weighted by Crippen LogP contribution is 2.52. The van der Waals surface area contributed by atoms with Gasteiger partial charge in [0.05, 0.1) is 11.8 Å². The number of nitrogens with one attached hydrogen (secondary N) is 1. The summed E-state index contributed by atoms with van der Waals surface area (Å²) in [4.78, 5) is 24.3. The van der Waals surface area contributed by atoms with E-state index in [-0.39, 0.29) is 17.7 Å². The summed E-state index contributed by atoms with van der Waals surface area (Å²) < 4.78 is 5.74. The van der Waals surface area contributed by atoms with Crippen LogP contribution in [-0.4, -0.2) is 17.0 Å². The fraction of sp³-hybridized carbons (Fsp3) is 0.333. The Labute approximate surface area is 152 Å². The molecule has 2 fully saturated rings. The lowest BCUT2D eigenvalue weighted by molar-refractivity contribution is -0.148. The molecule has 0 spiro atoms. The topological polar surface area (TPSA) is 75.6 Å². The quantitative estimate of drug-likeness (QED) is 0.848. The van der Waals surface area contributed by atoms with E-state index < -0.39 is 17.8 Å². The highest BCUT2D eigenvalue weighted by molar-refractivity contribution is 5.96. The van der Waals surface area contributed by atoms with Crippen molar-refractivity contribution in [3.63, 3.8) is 0 Å². The summed E-state index contributed by atoms with van der Waals surface area (Å²) in [6.45, 7) is 0. The summed E-state index contributed by atoms with van der Waals surface area (Å²) >= 11 is 0. The van der Waals surface area contributed by atoms with Crippen molar-refractivity contribution in [2.24, 2.45) is 23.7 Å². The molecule has 2 aliphatic carbocycles. The van der Waals surface area contributed by atoms with Crippen LogP contribution in [0.5, 0.6) is 11.5 Å². The van der Waals surface area contributed by atoms with E-state index in [0.29, 0.717) is 11.4 Å². The average Bonchev–Trinajstić information content (AvgIpc) is 3.25. The van der Waals surface area contributed by atoms with Gasteiger partial charge in [0.1, 0.15) is 11.5 Å². The van der Waals surface area contributed by atoms with Crippen LogP contribution >= 0.6 is 0 Å². The Morgan fingerprint density at radius 1 is 0.885 bits per heavy atom. The third-order valence-corrected chi connectivity index (χ3v) is 5.61. The molecule has 2 N–H and O–H groups in total. The van der Waals surface area contributed by atoms with Gasteiger partial charge < -0.3 is 15.2 Å². The molecule has 4 rings (SSSR count). The van der Waals surface area contributed by atoms with Crippen LogP contribution in [0.25, 0.3) is 0 Å². The third kappa shape index (κ3) is 3.17. The molecule has 26 heavy (non-hydrogen) atoms. The predicted molar refractivity (Wildman–Crippen MR) is 97.0 cm³/mol. The number of anilines is 1. The van der Waals surface area contributed by atoms with Gasteiger partial charge in [0.25, 0.3) is 0 Å². The number of carboxylic acid groups (broad SMARTS) is 1. The molecule has 2 aliphatic rings. The van der Waals surface area contributed by atoms with Crippen LogP contribution in [0.15, 0.2) is 54.6 Å². The Bertz CT molecular complexity index is 803. The maximum absolute atomic E-state index is 12.7. The Balaban J connectivity index is 1.42. The van der Waals surface area contributed by atoms with Crippen molar-refractivity contribution in [3.05, 3.63) is 54.6 Å². The second-order valence-corrected chi connectivity index (χ2v) is 7.15. The fourth-order valence-electron chi connectivity index (χ4n) is 4.48. The van der Waals surface area contributed by atoms with Crippen LogP contribution in [0.2, 0.25) is 0 Å². The monoisotopic (exact) mass is 351 g/mol. The molecule has 5 heteroatoms. The van der Waals surface area contributed by atoms with Gasteiger partial charge in [-0.3, -0.25) is 9.59 Å². The van der Waals surface area contributed by atoms with E-state index in [2.05, 4.69) is 5.32 Å². The van der Waals surface area contributed by atoms with Crippen molar-refractivity contribution in [1.29, 1.82) is 0 Å². The van der Waals surface area contributed by atoms with E-state index >= 15 is 0 Å². The van der Waals surface area contributed by atoms with Gasteiger partial charge in [0.2, 0.25) is 5.91 Å². The van der Waals surface area contributed by atoms with Crippen molar-refractivity contribution >= 4 is 17.6 Å². The van der Waals surface area contributed by atoms with E-state index in [1.165, 1.54) is 0 Å².